The molecule has 0 saturated carbocycles. The van der Waals surface area contributed by atoms with Crippen LogP contribution in [0.2, 0.25) is 0 Å². The number of aromatic nitrogens is 1. The molecule has 122 valence electrons. The number of alkyl halides is 3. The number of halogens is 3. The summed E-state index contributed by atoms with van der Waals surface area (Å²) in [4.78, 5) is 3.85. The summed E-state index contributed by atoms with van der Waals surface area (Å²) >= 11 is 0. The molecule has 1 saturated heterocycles. The second-order valence-electron chi connectivity index (χ2n) is 5.02. The molecule has 22 heavy (non-hydrogen) atoms. The SMILES string of the molecule is O=S(=O)(Oc1ccc2c(n1)CCC1(C2)OCCO1)C(F)(F)F. The molecule has 1 spiro atoms. The highest BCUT2D eigenvalue weighted by atomic mass is 32.2. The van der Waals surface area contributed by atoms with Gasteiger partial charge in [0.15, 0.2) is 5.79 Å². The first kappa shape index (κ1) is 15.5. The number of fused-ring (bicyclic) bond motifs is 1. The molecule has 0 unspecified atom stereocenters. The lowest BCUT2D eigenvalue weighted by molar-refractivity contribution is -0.164. The molecule has 0 radical (unpaired) electrons. The van der Waals surface area contributed by atoms with Crippen LogP contribution in [0.4, 0.5) is 13.2 Å². The molecule has 2 aliphatic rings. The molecule has 1 aliphatic carbocycles. The van der Waals surface area contributed by atoms with E-state index in [9.17, 15) is 21.6 Å². The maximum absolute atomic E-state index is 12.3. The largest absolute Gasteiger partial charge is 0.534 e. The van der Waals surface area contributed by atoms with Gasteiger partial charge in [-0.2, -0.15) is 21.6 Å². The Bertz CT molecular complexity index is 682. The third kappa shape index (κ3) is 2.77. The lowest BCUT2D eigenvalue weighted by Gasteiger charge is -2.32. The van der Waals surface area contributed by atoms with Gasteiger partial charge in [0.2, 0.25) is 5.88 Å². The fourth-order valence-electron chi connectivity index (χ4n) is 2.52. The van der Waals surface area contributed by atoms with E-state index in [0.717, 1.165) is 11.6 Å². The van der Waals surface area contributed by atoms with E-state index >= 15 is 0 Å². The quantitative estimate of drug-likeness (QED) is 0.601. The molecule has 0 aromatic carbocycles. The molecule has 6 nitrogen and oxygen atoms in total. The summed E-state index contributed by atoms with van der Waals surface area (Å²) in [7, 11) is -5.71. The minimum Gasteiger partial charge on any atom is -0.355 e. The lowest BCUT2D eigenvalue weighted by atomic mass is 9.91. The Kier molecular flexibility index (Phi) is 3.57. The average molecular weight is 339 g/mol. The summed E-state index contributed by atoms with van der Waals surface area (Å²) < 4.78 is 73.9. The van der Waals surface area contributed by atoms with Crippen molar-refractivity contribution in [3.8, 4) is 5.88 Å². The van der Waals surface area contributed by atoms with Crippen LogP contribution in [0.5, 0.6) is 5.88 Å². The molecule has 2 heterocycles. The van der Waals surface area contributed by atoms with E-state index in [4.69, 9.17) is 9.47 Å². The van der Waals surface area contributed by atoms with Crippen LogP contribution in [0.25, 0.3) is 0 Å². The first-order chi connectivity index (χ1) is 10.2. The zero-order valence-electron chi connectivity index (χ0n) is 11.2. The Morgan fingerprint density at radius 3 is 2.55 bits per heavy atom. The Hall–Kier alpha value is -1.39. The van der Waals surface area contributed by atoms with Crippen LogP contribution in [0.15, 0.2) is 12.1 Å². The van der Waals surface area contributed by atoms with E-state index < -0.39 is 27.3 Å². The second kappa shape index (κ2) is 5.07. The first-order valence-corrected chi connectivity index (χ1v) is 7.89. The van der Waals surface area contributed by atoms with Gasteiger partial charge in [0.25, 0.3) is 0 Å². The highest BCUT2D eigenvalue weighted by Gasteiger charge is 2.49. The molecule has 10 heteroatoms. The van der Waals surface area contributed by atoms with Gasteiger partial charge >= 0.3 is 15.6 Å². The molecule has 1 fully saturated rings. The first-order valence-electron chi connectivity index (χ1n) is 6.48. The van der Waals surface area contributed by atoms with Crippen molar-refractivity contribution in [2.75, 3.05) is 13.2 Å². The van der Waals surface area contributed by atoms with Crippen molar-refractivity contribution < 1.29 is 35.2 Å². The van der Waals surface area contributed by atoms with Crippen LogP contribution >= 0.6 is 0 Å². The Morgan fingerprint density at radius 1 is 1.23 bits per heavy atom. The van der Waals surface area contributed by atoms with Crippen molar-refractivity contribution in [1.82, 2.24) is 4.98 Å². The monoisotopic (exact) mass is 339 g/mol. The Morgan fingerprint density at radius 2 is 1.91 bits per heavy atom. The fourth-order valence-corrected chi connectivity index (χ4v) is 2.94. The van der Waals surface area contributed by atoms with Crippen LogP contribution in [0.3, 0.4) is 0 Å². The Labute approximate surface area is 124 Å². The smallest absolute Gasteiger partial charge is 0.355 e. The Balaban J connectivity index is 1.81. The third-order valence-corrected chi connectivity index (χ3v) is 4.49. The van der Waals surface area contributed by atoms with Crippen molar-refractivity contribution in [2.45, 2.75) is 30.6 Å². The van der Waals surface area contributed by atoms with Gasteiger partial charge in [0.1, 0.15) is 0 Å². The third-order valence-electron chi connectivity index (χ3n) is 3.54. The maximum atomic E-state index is 12.3. The van der Waals surface area contributed by atoms with Gasteiger partial charge in [0.05, 0.1) is 13.2 Å². The molecule has 1 aliphatic heterocycles. The molecular formula is C12H12F3NO5S. The summed E-state index contributed by atoms with van der Waals surface area (Å²) in [6.45, 7) is 0.988. The van der Waals surface area contributed by atoms with Crippen molar-refractivity contribution in [1.29, 1.82) is 0 Å². The molecule has 0 bridgehead atoms. The van der Waals surface area contributed by atoms with Gasteiger partial charge in [-0.05, 0) is 12.0 Å². The second-order valence-corrected chi connectivity index (χ2v) is 6.56. The van der Waals surface area contributed by atoms with E-state index in [1.165, 1.54) is 6.07 Å². The van der Waals surface area contributed by atoms with Gasteiger partial charge in [-0.3, -0.25) is 0 Å². The number of ether oxygens (including phenoxy) is 2. The van der Waals surface area contributed by atoms with Crippen molar-refractivity contribution >= 4 is 10.1 Å². The van der Waals surface area contributed by atoms with Crippen LogP contribution in [0, 0.1) is 0 Å². The number of hydrogen-bond donors (Lipinski definition) is 0. The number of pyridine rings is 1. The van der Waals surface area contributed by atoms with Crippen molar-refractivity contribution in [3.05, 3.63) is 23.4 Å². The molecule has 0 amide bonds. The van der Waals surface area contributed by atoms with Gasteiger partial charge in [-0.25, -0.2) is 4.98 Å². The van der Waals surface area contributed by atoms with E-state index in [1.807, 2.05) is 0 Å². The fraction of sp³-hybridized carbons (Fsp3) is 0.583. The average Bonchev–Trinajstić information content (AvgIpc) is 2.86. The minimum atomic E-state index is -5.71. The standard InChI is InChI=1S/C12H12F3NO5S/c13-12(14,15)22(17,18)21-10-2-1-8-7-11(19-5-6-20-11)4-3-9(8)16-10/h1-2H,3-7H2. The zero-order chi connectivity index (χ0) is 16.0. The van der Waals surface area contributed by atoms with Gasteiger partial charge in [0, 0.05) is 24.6 Å². The van der Waals surface area contributed by atoms with Crippen LogP contribution < -0.4 is 4.18 Å². The number of rotatable bonds is 2. The lowest BCUT2D eigenvalue weighted by Crippen LogP contribution is -2.37. The van der Waals surface area contributed by atoms with Gasteiger partial charge < -0.3 is 13.7 Å². The highest BCUT2D eigenvalue weighted by Crippen LogP contribution is 2.35. The predicted octanol–water partition coefficient (Wildman–Crippen LogP) is 1.54. The number of hydrogen-bond acceptors (Lipinski definition) is 6. The van der Waals surface area contributed by atoms with Crippen LogP contribution in [-0.2, 0) is 32.4 Å². The molecular weight excluding hydrogens is 327 g/mol. The summed E-state index contributed by atoms with van der Waals surface area (Å²) in [5.41, 5.74) is -4.26. The summed E-state index contributed by atoms with van der Waals surface area (Å²) in [6.07, 6.45) is 1.32. The van der Waals surface area contributed by atoms with E-state index in [-0.39, 0.29) is 0 Å². The highest BCUT2D eigenvalue weighted by molar-refractivity contribution is 7.87. The van der Waals surface area contributed by atoms with E-state index in [0.29, 0.717) is 38.2 Å². The molecule has 0 N–H and O–H groups in total. The summed E-state index contributed by atoms with van der Waals surface area (Å²) in [5, 5.41) is 0. The molecule has 3 rings (SSSR count). The van der Waals surface area contributed by atoms with Crippen LogP contribution in [-0.4, -0.2) is 37.9 Å². The minimum absolute atomic E-state index is 0.401. The maximum Gasteiger partial charge on any atom is 0.534 e. The van der Waals surface area contributed by atoms with E-state index in [1.54, 1.807) is 0 Å². The zero-order valence-corrected chi connectivity index (χ0v) is 12.0. The number of nitrogens with zero attached hydrogens (tertiary/aromatic N) is 1. The predicted molar refractivity (Wildman–Crippen MR) is 66.5 cm³/mol. The molecule has 1 aromatic rings. The van der Waals surface area contributed by atoms with E-state index in [2.05, 4.69) is 9.17 Å². The summed E-state index contributed by atoms with van der Waals surface area (Å²) in [5.74, 6) is -1.30. The van der Waals surface area contributed by atoms with Crippen LogP contribution in [0.1, 0.15) is 17.7 Å². The topological polar surface area (TPSA) is 74.7 Å². The van der Waals surface area contributed by atoms with Crippen molar-refractivity contribution in [3.63, 3.8) is 0 Å². The molecule has 0 atom stereocenters. The molecule has 1 aromatic heterocycles. The van der Waals surface area contributed by atoms with Crippen molar-refractivity contribution in [2.24, 2.45) is 0 Å². The van der Waals surface area contributed by atoms with Gasteiger partial charge in [-0.15, -0.1) is 0 Å². The number of aryl methyl sites for hydroxylation is 1. The summed E-state index contributed by atoms with van der Waals surface area (Å²) in [6, 6.07) is 2.58. The normalized spacial score (nSPS) is 20.9. The van der Waals surface area contributed by atoms with Gasteiger partial charge in [-0.1, -0.05) is 6.07 Å².